The summed E-state index contributed by atoms with van der Waals surface area (Å²) in [5.41, 5.74) is 1.28. The maximum atomic E-state index is 12.9. The average Bonchev–Trinajstić information content (AvgIpc) is 3.18. The number of nitrogens with zero attached hydrogens (tertiary/aromatic N) is 3. The summed E-state index contributed by atoms with van der Waals surface area (Å²) in [4.78, 5) is 38.3. The number of carbonyl (C=O) groups is 1. The van der Waals surface area contributed by atoms with Crippen LogP contribution in [0.5, 0.6) is 0 Å². The van der Waals surface area contributed by atoms with Crippen LogP contribution in [0.15, 0.2) is 56.9 Å². The molecule has 1 aliphatic rings. The minimum atomic E-state index is -3.76. The number of anilines is 1. The van der Waals surface area contributed by atoms with Crippen molar-refractivity contribution in [2.24, 2.45) is 14.1 Å². The number of sulfone groups is 1. The topological polar surface area (TPSA) is 98.5 Å². The Hall–Kier alpha value is -3.20. The Morgan fingerprint density at radius 1 is 0.967 bits per heavy atom. The van der Waals surface area contributed by atoms with Crippen LogP contribution in [0.3, 0.4) is 0 Å². The van der Waals surface area contributed by atoms with Crippen LogP contribution in [-0.2, 0) is 35.1 Å². The van der Waals surface area contributed by atoms with E-state index >= 15 is 0 Å². The first-order chi connectivity index (χ1) is 14.2. The second-order valence-electron chi connectivity index (χ2n) is 7.37. The van der Waals surface area contributed by atoms with Gasteiger partial charge in [0.15, 0.2) is 9.84 Å². The molecule has 0 saturated heterocycles. The van der Waals surface area contributed by atoms with Gasteiger partial charge in [-0.25, -0.2) is 8.42 Å². The zero-order chi connectivity index (χ0) is 21.6. The molecule has 0 unspecified atom stereocenters. The van der Waals surface area contributed by atoms with Crippen LogP contribution in [0.25, 0.3) is 11.0 Å². The molecule has 0 N–H and O–H groups in total. The van der Waals surface area contributed by atoms with Gasteiger partial charge in [0.2, 0.25) is 5.91 Å². The molecule has 1 amide bonds. The van der Waals surface area contributed by atoms with Crippen molar-refractivity contribution in [1.82, 2.24) is 9.13 Å². The van der Waals surface area contributed by atoms with Gasteiger partial charge in [-0.3, -0.25) is 14.4 Å². The second kappa shape index (κ2) is 7.24. The van der Waals surface area contributed by atoms with Crippen LogP contribution in [0, 0.1) is 0 Å². The zero-order valence-electron chi connectivity index (χ0n) is 16.7. The number of aryl methyl sites for hydroxylation is 2. The molecular weight excluding hydrogens is 406 g/mol. The number of rotatable bonds is 4. The van der Waals surface area contributed by atoms with Gasteiger partial charge in [0, 0.05) is 32.7 Å². The second-order valence-corrected chi connectivity index (χ2v) is 9.48. The largest absolute Gasteiger partial charge is 0.316 e. The molecule has 0 fully saturated rings. The van der Waals surface area contributed by atoms with Gasteiger partial charge >= 0.3 is 11.1 Å². The molecule has 1 aromatic heterocycles. The molecule has 2 aromatic carbocycles. The molecule has 30 heavy (non-hydrogen) atoms. The summed E-state index contributed by atoms with van der Waals surface area (Å²) >= 11 is 0. The van der Waals surface area contributed by atoms with Gasteiger partial charge in [-0.05, 0) is 36.2 Å². The van der Waals surface area contributed by atoms with Crippen LogP contribution < -0.4 is 16.0 Å². The van der Waals surface area contributed by atoms with E-state index in [1.807, 2.05) is 24.3 Å². The summed E-state index contributed by atoms with van der Waals surface area (Å²) < 4.78 is 28.1. The number of hydrogen-bond acceptors (Lipinski definition) is 5. The highest BCUT2D eigenvalue weighted by atomic mass is 32.2. The van der Waals surface area contributed by atoms with E-state index in [2.05, 4.69) is 0 Å². The minimum Gasteiger partial charge on any atom is -0.312 e. The van der Waals surface area contributed by atoms with Crippen LogP contribution in [0.1, 0.15) is 12.0 Å². The first-order valence-electron chi connectivity index (χ1n) is 9.51. The zero-order valence-corrected chi connectivity index (χ0v) is 17.5. The van der Waals surface area contributed by atoms with Crippen molar-refractivity contribution < 1.29 is 13.2 Å². The van der Waals surface area contributed by atoms with Gasteiger partial charge in [0.1, 0.15) is 0 Å². The molecule has 0 radical (unpaired) electrons. The molecule has 0 saturated carbocycles. The molecule has 2 heterocycles. The van der Waals surface area contributed by atoms with Crippen LogP contribution in [0.4, 0.5) is 5.69 Å². The van der Waals surface area contributed by atoms with E-state index in [-0.39, 0.29) is 23.0 Å². The lowest BCUT2D eigenvalue weighted by Crippen LogP contribution is -2.39. The van der Waals surface area contributed by atoms with E-state index in [0.29, 0.717) is 17.6 Å². The van der Waals surface area contributed by atoms with Crippen molar-refractivity contribution in [3.05, 3.63) is 68.7 Å². The van der Waals surface area contributed by atoms with Crippen molar-refractivity contribution in [2.75, 3.05) is 17.2 Å². The van der Waals surface area contributed by atoms with Crippen LogP contribution in [0.2, 0.25) is 0 Å². The van der Waals surface area contributed by atoms with E-state index in [4.69, 9.17) is 0 Å². The first kappa shape index (κ1) is 20.1. The van der Waals surface area contributed by atoms with E-state index in [0.717, 1.165) is 22.2 Å². The highest BCUT2D eigenvalue weighted by molar-refractivity contribution is 7.91. The monoisotopic (exact) mass is 427 g/mol. The third kappa shape index (κ3) is 3.24. The maximum Gasteiger partial charge on any atom is 0.316 e. The molecular formula is C21H21N3O5S. The Labute approximate surface area is 172 Å². The Kier molecular flexibility index (Phi) is 4.85. The summed E-state index contributed by atoms with van der Waals surface area (Å²) in [6, 6.07) is 11.9. The van der Waals surface area contributed by atoms with Crippen molar-refractivity contribution in [3.8, 4) is 0 Å². The van der Waals surface area contributed by atoms with Gasteiger partial charge in [-0.1, -0.05) is 18.2 Å². The highest BCUT2D eigenvalue weighted by Crippen LogP contribution is 2.28. The fourth-order valence-electron chi connectivity index (χ4n) is 3.83. The SMILES string of the molecule is Cn1c(=O)c(=O)n(C)c2cc(S(=O)(=O)CCC(=O)N3CCc4ccccc43)ccc21. The van der Waals surface area contributed by atoms with E-state index < -0.39 is 21.0 Å². The lowest BCUT2D eigenvalue weighted by molar-refractivity contribution is -0.118. The van der Waals surface area contributed by atoms with Gasteiger partial charge in [0.25, 0.3) is 0 Å². The number of fused-ring (bicyclic) bond motifs is 2. The number of hydrogen-bond donors (Lipinski definition) is 0. The number of aromatic nitrogens is 2. The van der Waals surface area contributed by atoms with Crippen LogP contribution >= 0.6 is 0 Å². The standard InChI is InChI=1S/C21H21N3O5S/c1-22-17-8-7-15(13-18(17)23(2)21(27)20(22)26)30(28,29)12-10-19(25)24-11-9-14-5-3-4-6-16(14)24/h3-8,13H,9-12H2,1-2H3. The summed E-state index contributed by atoms with van der Waals surface area (Å²) in [6.07, 6.45) is 0.618. The predicted octanol–water partition coefficient (Wildman–Crippen LogP) is 0.990. The molecule has 1 aliphatic heterocycles. The lowest BCUT2D eigenvalue weighted by atomic mass is 10.2. The molecule has 9 heteroatoms. The molecule has 4 rings (SSSR count). The molecule has 0 spiro atoms. The van der Waals surface area contributed by atoms with Crippen LogP contribution in [-0.4, -0.2) is 35.8 Å². The molecule has 0 atom stereocenters. The predicted molar refractivity (Wildman–Crippen MR) is 114 cm³/mol. The van der Waals surface area contributed by atoms with Crippen molar-refractivity contribution in [3.63, 3.8) is 0 Å². The van der Waals surface area contributed by atoms with Crippen molar-refractivity contribution in [1.29, 1.82) is 0 Å². The number of amides is 1. The minimum absolute atomic E-state index is 0.0123. The Bertz CT molecular complexity index is 1400. The summed E-state index contributed by atoms with van der Waals surface area (Å²) in [7, 11) is -0.864. The third-order valence-corrected chi connectivity index (χ3v) is 7.31. The Morgan fingerprint density at radius 3 is 2.37 bits per heavy atom. The number of carbonyl (C=O) groups excluding carboxylic acids is 1. The van der Waals surface area contributed by atoms with E-state index in [1.54, 1.807) is 4.90 Å². The summed E-state index contributed by atoms with van der Waals surface area (Å²) in [5, 5.41) is 0. The van der Waals surface area contributed by atoms with E-state index in [1.165, 1.54) is 36.9 Å². The highest BCUT2D eigenvalue weighted by Gasteiger charge is 2.26. The quantitative estimate of drug-likeness (QED) is 0.579. The van der Waals surface area contributed by atoms with Gasteiger partial charge < -0.3 is 14.0 Å². The first-order valence-corrected chi connectivity index (χ1v) is 11.2. The average molecular weight is 427 g/mol. The maximum absolute atomic E-state index is 12.9. The normalized spacial score (nSPS) is 13.6. The molecule has 0 bridgehead atoms. The fourth-order valence-corrected chi connectivity index (χ4v) is 5.07. The molecule has 8 nitrogen and oxygen atoms in total. The fraction of sp³-hybridized carbons (Fsp3) is 0.286. The van der Waals surface area contributed by atoms with Gasteiger partial charge in [0.05, 0.1) is 21.7 Å². The van der Waals surface area contributed by atoms with Gasteiger partial charge in [-0.2, -0.15) is 0 Å². The van der Waals surface area contributed by atoms with E-state index in [9.17, 15) is 22.8 Å². The smallest absolute Gasteiger partial charge is 0.312 e. The Balaban J connectivity index is 1.60. The number of benzene rings is 2. The number of para-hydroxylation sites is 1. The summed E-state index contributed by atoms with van der Waals surface area (Å²) in [6.45, 7) is 0.546. The molecule has 3 aromatic rings. The summed E-state index contributed by atoms with van der Waals surface area (Å²) in [5.74, 6) is -0.575. The lowest BCUT2D eigenvalue weighted by Gasteiger charge is -2.17. The molecule has 156 valence electrons. The molecule has 0 aliphatic carbocycles. The van der Waals surface area contributed by atoms with Crippen molar-refractivity contribution >= 4 is 32.5 Å². The third-order valence-electron chi connectivity index (χ3n) is 5.59. The Morgan fingerprint density at radius 2 is 1.63 bits per heavy atom. The van der Waals surface area contributed by atoms with Crippen molar-refractivity contribution in [2.45, 2.75) is 17.7 Å². The van der Waals surface area contributed by atoms with Gasteiger partial charge in [-0.15, -0.1) is 0 Å².